The zero-order valence-electron chi connectivity index (χ0n) is 23.1. The van der Waals surface area contributed by atoms with Gasteiger partial charge in [0.15, 0.2) is 0 Å². The number of carbonyl (C=O) groups is 5. The summed E-state index contributed by atoms with van der Waals surface area (Å²) in [5, 5.41) is 22.1. The molecule has 10 N–H and O–H groups in total. The van der Waals surface area contributed by atoms with Crippen LogP contribution in [-0.2, 0) is 19.2 Å². The van der Waals surface area contributed by atoms with Crippen molar-refractivity contribution in [2.45, 2.75) is 95.2 Å². The molecule has 0 saturated heterocycles. The van der Waals surface area contributed by atoms with Crippen molar-refractivity contribution in [2.75, 3.05) is 33.2 Å². The molecule has 3 atom stereocenters. The van der Waals surface area contributed by atoms with E-state index in [1.807, 2.05) is 0 Å². The van der Waals surface area contributed by atoms with Gasteiger partial charge in [-0.15, -0.1) is 0 Å². The quantitative estimate of drug-likeness (QED) is 0.0448. The third-order valence-electron chi connectivity index (χ3n) is 6.14. The van der Waals surface area contributed by atoms with Crippen molar-refractivity contribution in [3.63, 3.8) is 0 Å². The van der Waals surface area contributed by atoms with Crippen LogP contribution in [0.5, 0.6) is 0 Å². The molecule has 13 nitrogen and oxygen atoms in total. The number of halogens is 1. The first kappa shape index (κ1) is 36.5. The van der Waals surface area contributed by atoms with Crippen LogP contribution < -0.4 is 38.1 Å². The van der Waals surface area contributed by atoms with Gasteiger partial charge in [0.05, 0.1) is 6.04 Å². The highest BCUT2D eigenvalue weighted by molar-refractivity contribution is 6.62. The molecule has 14 heteroatoms. The number of carboxylic acids is 1. The van der Waals surface area contributed by atoms with E-state index >= 15 is 0 Å². The number of nitrogens with one attached hydrogen (secondary N) is 5. The molecule has 0 radical (unpaired) electrons. The lowest BCUT2D eigenvalue weighted by Crippen LogP contribution is -2.56. The summed E-state index contributed by atoms with van der Waals surface area (Å²) in [7, 11) is 1.67. The van der Waals surface area contributed by atoms with E-state index in [0.29, 0.717) is 58.3 Å². The van der Waals surface area contributed by atoms with Gasteiger partial charge in [0, 0.05) is 19.5 Å². The smallest absolute Gasteiger partial charge is 0.313 e. The van der Waals surface area contributed by atoms with Crippen molar-refractivity contribution in [3.8, 4) is 0 Å². The molecule has 0 heterocycles. The van der Waals surface area contributed by atoms with Crippen LogP contribution in [0.25, 0.3) is 0 Å². The SMILES string of the molecule is CNC(CCCCN)C(=O)NC(CCCCN)C(=O)NC(CCC(=O)O)C(=O)NCCCCCCNC(=O)Cl. The minimum absolute atomic E-state index is 0.0905. The van der Waals surface area contributed by atoms with Crippen LogP contribution in [0.1, 0.15) is 77.0 Å². The van der Waals surface area contributed by atoms with Gasteiger partial charge in [0.25, 0.3) is 0 Å². The fourth-order valence-corrected chi connectivity index (χ4v) is 3.96. The number of hydrogen-bond acceptors (Lipinski definition) is 8. The van der Waals surface area contributed by atoms with E-state index in [1.165, 1.54) is 0 Å². The van der Waals surface area contributed by atoms with Gasteiger partial charge < -0.3 is 43.2 Å². The molecule has 0 saturated carbocycles. The van der Waals surface area contributed by atoms with Crippen molar-refractivity contribution in [3.05, 3.63) is 0 Å². The van der Waals surface area contributed by atoms with E-state index in [0.717, 1.165) is 32.1 Å². The van der Waals surface area contributed by atoms with E-state index in [1.54, 1.807) is 7.05 Å². The fourth-order valence-electron chi connectivity index (χ4n) is 3.87. The lowest BCUT2D eigenvalue weighted by molar-refractivity contribution is -0.138. The Morgan fingerprint density at radius 3 is 1.64 bits per heavy atom. The number of carbonyl (C=O) groups excluding carboxylic acids is 4. The van der Waals surface area contributed by atoms with Crippen molar-refractivity contribution in [1.29, 1.82) is 0 Å². The Kier molecular flexibility index (Phi) is 21.9. The van der Waals surface area contributed by atoms with Crippen LogP contribution in [0, 0.1) is 0 Å². The molecule has 0 rings (SSSR count). The van der Waals surface area contributed by atoms with Gasteiger partial charge >= 0.3 is 11.3 Å². The molecule has 4 amide bonds. The lowest BCUT2D eigenvalue weighted by atomic mass is 10.0. The summed E-state index contributed by atoms with van der Waals surface area (Å²) in [4.78, 5) is 60.6. The summed E-state index contributed by atoms with van der Waals surface area (Å²) >= 11 is 5.21. The number of nitrogens with two attached hydrogens (primary N) is 2. The van der Waals surface area contributed by atoms with Gasteiger partial charge in [0.1, 0.15) is 12.1 Å². The molecule has 3 unspecified atom stereocenters. The molecule has 0 aromatic rings. The summed E-state index contributed by atoms with van der Waals surface area (Å²) in [5.41, 5.74) is 11.1. The van der Waals surface area contributed by atoms with Crippen molar-refractivity contribution in [1.82, 2.24) is 26.6 Å². The van der Waals surface area contributed by atoms with E-state index < -0.39 is 41.3 Å². The summed E-state index contributed by atoms with van der Waals surface area (Å²) in [6.45, 7) is 1.79. The first-order chi connectivity index (χ1) is 18.7. The monoisotopic (exact) mass is 577 g/mol. The Bertz CT molecular complexity index is 744. The first-order valence-corrected chi connectivity index (χ1v) is 14.1. The molecular formula is C25H48ClN7O6. The maximum atomic E-state index is 13.2. The number of amides is 4. The number of hydrogen-bond donors (Lipinski definition) is 8. The Labute approximate surface area is 236 Å². The first-order valence-electron chi connectivity index (χ1n) is 13.8. The van der Waals surface area contributed by atoms with Gasteiger partial charge in [-0.3, -0.25) is 24.0 Å². The van der Waals surface area contributed by atoms with E-state index in [2.05, 4.69) is 26.6 Å². The number of rotatable bonds is 24. The standard InChI is InChI=1S/C25H48ClN7O6/c1-29-18(10-4-6-14-27)23(37)32-19(11-5-7-15-28)24(38)33-20(12-13-21(34)35)22(36)30-16-8-2-3-9-17-31-25(26)39/h18-20,29H,2-17,27-28H2,1H3,(H,30,36)(H,31,39)(H,32,37)(H,33,38)(H,34,35). The summed E-state index contributed by atoms with van der Waals surface area (Å²) in [5.74, 6) is -2.46. The third-order valence-corrected chi connectivity index (χ3v) is 6.27. The minimum Gasteiger partial charge on any atom is -0.481 e. The Balaban J connectivity index is 5.09. The van der Waals surface area contributed by atoms with E-state index in [4.69, 9.17) is 28.2 Å². The second kappa shape index (κ2) is 23.4. The highest BCUT2D eigenvalue weighted by Gasteiger charge is 2.28. The highest BCUT2D eigenvalue weighted by atomic mass is 35.5. The molecule has 0 bridgehead atoms. The zero-order chi connectivity index (χ0) is 29.5. The van der Waals surface area contributed by atoms with Crippen LogP contribution in [-0.4, -0.2) is 85.5 Å². The van der Waals surface area contributed by atoms with Crippen LogP contribution in [0.2, 0.25) is 0 Å². The highest BCUT2D eigenvalue weighted by Crippen LogP contribution is 2.07. The Hall–Kier alpha value is -2.48. The molecule has 0 aliphatic heterocycles. The van der Waals surface area contributed by atoms with Crippen LogP contribution in [0.4, 0.5) is 4.79 Å². The second-order valence-corrected chi connectivity index (χ2v) is 9.71. The Morgan fingerprint density at radius 1 is 0.667 bits per heavy atom. The third kappa shape index (κ3) is 19.3. The molecular weight excluding hydrogens is 530 g/mol. The maximum absolute atomic E-state index is 13.2. The van der Waals surface area contributed by atoms with Gasteiger partial charge in [0.2, 0.25) is 17.7 Å². The molecule has 0 spiro atoms. The largest absolute Gasteiger partial charge is 0.481 e. The van der Waals surface area contributed by atoms with E-state index in [9.17, 15) is 24.0 Å². The van der Waals surface area contributed by atoms with Gasteiger partial charge in [-0.1, -0.05) is 19.3 Å². The summed E-state index contributed by atoms with van der Waals surface area (Å²) in [6.07, 6.45) is 6.32. The predicted octanol–water partition coefficient (Wildman–Crippen LogP) is 0.292. The van der Waals surface area contributed by atoms with Crippen LogP contribution in [0.15, 0.2) is 0 Å². The average Bonchev–Trinajstić information content (AvgIpc) is 2.89. The molecule has 39 heavy (non-hydrogen) atoms. The topological polar surface area (TPSA) is 218 Å². The van der Waals surface area contributed by atoms with Crippen molar-refractivity contribution >= 4 is 40.7 Å². The molecule has 0 aromatic carbocycles. The average molecular weight is 578 g/mol. The fraction of sp³-hybridized carbons (Fsp3) is 0.800. The molecule has 0 aliphatic carbocycles. The van der Waals surface area contributed by atoms with E-state index in [-0.39, 0.29) is 18.7 Å². The van der Waals surface area contributed by atoms with Gasteiger partial charge in [-0.05, 0) is 83.1 Å². The van der Waals surface area contributed by atoms with Gasteiger partial charge in [-0.25, -0.2) is 0 Å². The Morgan fingerprint density at radius 2 is 1.15 bits per heavy atom. The second-order valence-electron chi connectivity index (χ2n) is 9.37. The number of aliphatic carboxylic acids is 1. The zero-order valence-corrected chi connectivity index (χ0v) is 23.8. The number of likely N-dealkylation sites (N-methyl/N-ethyl adjacent to an activating group) is 1. The molecule has 0 fully saturated rings. The maximum Gasteiger partial charge on any atom is 0.313 e. The van der Waals surface area contributed by atoms with Crippen molar-refractivity contribution in [2.24, 2.45) is 11.5 Å². The van der Waals surface area contributed by atoms with Gasteiger partial charge in [-0.2, -0.15) is 0 Å². The molecule has 0 aromatic heterocycles. The minimum atomic E-state index is -1.09. The predicted molar refractivity (Wildman–Crippen MR) is 150 cm³/mol. The van der Waals surface area contributed by atoms with Crippen molar-refractivity contribution < 1.29 is 29.1 Å². The summed E-state index contributed by atoms with van der Waals surface area (Å²) in [6, 6.07) is -2.47. The molecule has 0 aliphatic rings. The molecule has 226 valence electrons. The summed E-state index contributed by atoms with van der Waals surface area (Å²) < 4.78 is 0. The normalized spacial score (nSPS) is 13.1. The number of unbranched alkanes of at least 4 members (excludes halogenated alkanes) is 5. The van der Waals surface area contributed by atoms with Crippen LogP contribution >= 0.6 is 11.6 Å². The number of carboxylic acid groups (broad SMARTS) is 1. The lowest BCUT2D eigenvalue weighted by Gasteiger charge is -2.25. The van der Waals surface area contributed by atoms with Crippen LogP contribution in [0.3, 0.4) is 0 Å².